The molecule has 0 heterocycles. The van der Waals surface area contributed by atoms with Crippen molar-refractivity contribution in [2.45, 2.75) is 328 Å². The number of nitrogens with two attached hydrogens (primary N) is 1. The minimum absolute atomic E-state index is 0.0552. The molecule has 0 radical (unpaired) electrons. The molecule has 10 heteroatoms. The summed E-state index contributed by atoms with van der Waals surface area (Å²) in [6.45, 7) is 3.78. The molecule has 2 unspecified atom stereocenters. The smallest absolute Gasteiger partial charge is 0.462 e. The maximum Gasteiger partial charge on any atom is 0.472 e. The standard InChI is InChI=1S/C59H116NO8P/c1-3-5-7-9-11-13-15-17-19-20-21-22-23-24-25-26-27-28-29-30-31-32-33-34-35-36-37-38-40-41-43-45-47-49-51-58(61)65-55-57(56-67-69(63,64)66-54-53-60)68-59(62)52-50-48-46-44-42-39-18-16-14-12-10-8-6-4-2/h16,18,57H,3-15,17,19-56,60H2,1-2H3,(H,63,64)/b18-16-. The average molecular weight is 999 g/mol. The van der Waals surface area contributed by atoms with Crippen LogP contribution in [-0.4, -0.2) is 49.3 Å². The zero-order valence-corrected chi connectivity index (χ0v) is 46.7. The molecule has 0 aromatic rings. The number of allylic oxidation sites excluding steroid dienone is 2. The summed E-state index contributed by atoms with van der Waals surface area (Å²) in [6, 6.07) is 0. The zero-order valence-electron chi connectivity index (χ0n) is 45.8. The van der Waals surface area contributed by atoms with E-state index in [-0.39, 0.29) is 38.6 Å². The van der Waals surface area contributed by atoms with Gasteiger partial charge in [0.15, 0.2) is 6.10 Å². The van der Waals surface area contributed by atoms with Crippen LogP contribution in [0.5, 0.6) is 0 Å². The Morgan fingerprint density at radius 3 is 1.03 bits per heavy atom. The Morgan fingerprint density at radius 1 is 0.420 bits per heavy atom. The topological polar surface area (TPSA) is 134 Å². The molecule has 410 valence electrons. The van der Waals surface area contributed by atoms with Crippen LogP contribution in [0.3, 0.4) is 0 Å². The Balaban J connectivity index is 3.76. The highest BCUT2D eigenvalue weighted by molar-refractivity contribution is 7.47. The summed E-state index contributed by atoms with van der Waals surface area (Å²) < 4.78 is 33.0. The summed E-state index contributed by atoms with van der Waals surface area (Å²) in [7, 11) is -4.38. The van der Waals surface area contributed by atoms with Gasteiger partial charge in [-0.15, -0.1) is 0 Å². The van der Waals surface area contributed by atoms with Crippen molar-refractivity contribution >= 4 is 19.8 Å². The number of esters is 2. The molecule has 0 saturated heterocycles. The molecule has 0 rings (SSSR count). The molecule has 69 heavy (non-hydrogen) atoms. The van der Waals surface area contributed by atoms with Crippen molar-refractivity contribution < 1.29 is 37.6 Å². The van der Waals surface area contributed by atoms with E-state index in [2.05, 4.69) is 26.0 Å². The van der Waals surface area contributed by atoms with Crippen LogP contribution < -0.4 is 5.73 Å². The van der Waals surface area contributed by atoms with Crippen molar-refractivity contribution in [3.63, 3.8) is 0 Å². The SMILES string of the molecule is CCCCCCC/C=C\CCCCCCCC(=O)OC(COC(=O)CCCCCCCCCCCCCCCCCCCCCCCCCCCCCCCCCCCC)COP(=O)(O)OCCN. The van der Waals surface area contributed by atoms with Gasteiger partial charge in [0.25, 0.3) is 0 Å². The molecule has 2 atom stereocenters. The summed E-state index contributed by atoms with van der Waals surface area (Å²) in [5.74, 6) is -0.820. The molecular formula is C59H116NO8P. The van der Waals surface area contributed by atoms with Crippen molar-refractivity contribution in [1.29, 1.82) is 0 Å². The number of unbranched alkanes of at least 4 members (excludes halogenated alkanes) is 43. The van der Waals surface area contributed by atoms with Crippen molar-refractivity contribution in [2.24, 2.45) is 5.73 Å². The quantitative estimate of drug-likeness (QED) is 0.0264. The van der Waals surface area contributed by atoms with Gasteiger partial charge in [0, 0.05) is 19.4 Å². The normalized spacial score (nSPS) is 13.0. The summed E-state index contributed by atoms with van der Waals surface area (Å²) in [6.07, 6.45) is 64.5. The van der Waals surface area contributed by atoms with Gasteiger partial charge in [-0.25, -0.2) is 4.57 Å². The van der Waals surface area contributed by atoms with Gasteiger partial charge in [-0.3, -0.25) is 18.6 Å². The fourth-order valence-corrected chi connectivity index (χ4v) is 9.93. The molecule has 0 aliphatic heterocycles. The second kappa shape index (κ2) is 56.1. The average Bonchev–Trinajstić information content (AvgIpc) is 3.34. The molecule has 0 aromatic heterocycles. The van der Waals surface area contributed by atoms with Crippen molar-refractivity contribution in [3.05, 3.63) is 12.2 Å². The predicted octanol–water partition coefficient (Wildman–Crippen LogP) is 18.9. The van der Waals surface area contributed by atoms with Crippen LogP contribution in [0.4, 0.5) is 0 Å². The monoisotopic (exact) mass is 998 g/mol. The molecule has 0 aromatic carbocycles. The number of phosphoric ester groups is 1. The molecule has 0 aliphatic rings. The first-order chi connectivity index (χ1) is 33.8. The molecule has 0 aliphatic carbocycles. The molecule has 3 N–H and O–H groups in total. The van der Waals surface area contributed by atoms with Crippen LogP contribution in [0.1, 0.15) is 322 Å². The Bertz CT molecular complexity index is 1140. The van der Waals surface area contributed by atoms with Crippen molar-refractivity contribution in [1.82, 2.24) is 0 Å². The van der Waals surface area contributed by atoms with E-state index in [9.17, 15) is 19.0 Å². The summed E-state index contributed by atoms with van der Waals surface area (Å²) in [4.78, 5) is 35.1. The van der Waals surface area contributed by atoms with E-state index < -0.39 is 26.5 Å². The van der Waals surface area contributed by atoms with E-state index in [1.54, 1.807) is 0 Å². The lowest BCUT2D eigenvalue weighted by Crippen LogP contribution is -2.29. The first-order valence-corrected chi connectivity index (χ1v) is 31.7. The Kier molecular flexibility index (Phi) is 55.0. The van der Waals surface area contributed by atoms with Crippen LogP contribution in [0.2, 0.25) is 0 Å². The molecular weight excluding hydrogens is 882 g/mol. The summed E-state index contributed by atoms with van der Waals surface area (Å²) >= 11 is 0. The van der Waals surface area contributed by atoms with Crippen LogP contribution in [0, 0.1) is 0 Å². The lowest BCUT2D eigenvalue weighted by molar-refractivity contribution is -0.161. The van der Waals surface area contributed by atoms with E-state index in [1.807, 2.05) is 0 Å². The van der Waals surface area contributed by atoms with Gasteiger partial charge in [0.05, 0.1) is 13.2 Å². The van der Waals surface area contributed by atoms with Gasteiger partial charge in [-0.05, 0) is 38.5 Å². The maximum absolute atomic E-state index is 12.6. The number of hydrogen-bond donors (Lipinski definition) is 2. The minimum Gasteiger partial charge on any atom is -0.462 e. The Morgan fingerprint density at radius 2 is 0.710 bits per heavy atom. The van der Waals surface area contributed by atoms with Gasteiger partial charge in [-0.2, -0.15) is 0 Å². The molecule has 0 amide bonds. The zero-order chi connectivity index (χ0) is 50.2. The third-order valence-electron chi connectivity index (χ3n) is 13.7. The van der Waals surface area contributed by atoms with E-state index in [4.69, 9.17) is 24.3 Å². The van der Waals surface area contributed by atoms with E-state index >= 15 is 0 Å². The Hall–Kier alpha value is -1.25. The van der Waals surface area contributed by atoms with Crippen LogP contribution in [0.25, 0.3) is 0 Å². The largest absolute Gasteiger partial charge is 0.472 e. The fraction of sp³-hybridized carbons (Fsp3) is 0.932. The first kappa shape index (κ1) is 67.8. The van der Waals surface area contributed by atoms with Gasteiger partial charge in [0.1, 0.15) is 6.61 Å². The predicted molar refractivity (Wildman–Crippen MR) is 294 cm³/mol. The van der Waals surface area contributed by atoms with Crippen LogP contribution in [-0.2, 0) is 32.7 Å². The number of hydrogen-bond acceptors (Lipinski definition) is 8. The molecule has 0 saturated carbocycles. The summed E-state index contributed by atoms with van der Waals surface area (Å²) in [5, 5.41) is 0. The van der Waals surface area contributed by atoms with Crippen LogP contribution in [0.15, 0.2) is 12.2 Å². The first-order valence-electron chi connectivity index (χ1n) is 30.2. The number of carbonyl (C=O) groups is 2. The second-order valence-electron chi connectivity index (χ2n) is 20.6. The molecule has 9 nitrogen and oxygen atoms in total. The number of carbonyl (C=O) groups excluding carboxylic acids is 2. The van der Waals surface area contributed by atoms with E-state index in [1.165, 1.54) is 238 Å². The fourth-order valence-electron chi connectivity index (χ4n) is 9.16. The lowest BCUT2D eigenvalue weighted by atomic mass is 10.0. The number of rotatable bonds is 58. The third-order valence-corrected chi connectivity index (χ3v) is 14.6. The van der Waals surface area contributed by atoms with Gasteiger partial charge >= 0.3 is 19.8 Å². The number of phosphoric acid groups is 1. The van der Waals surface area contributed by atoms with E-state index in [0.29, 0.717) is 6.42 Å². The lowest BCUT2D eigenvalue weighted by Gasteiger charge is -2.19. The van der Waals surface area contributed by atoms with Crippen LogP contribution >= 0.6 is 7.82 Å². The highest BCUT2D eigenvalue weighted by atomic mass is 31.2. The van der Waals surface area contributed by atoms with E-state index in [0.717, 1.165) is 51.4 Å². The van der Waals surface area contributed by atoms with Gasteiger partial charge in [0.2, 0.25) is 0 Å². The minimum atomic E-state index is -4.38. The van der Waals surface area contributed by atoms with Crippen molar-refractivity contribution in [3.8, 4) is 0 Å². The number of ether oxygens (including phenoxy) is 2. The molecule has 0 spiro atoms. The van der Waals surface area contributed by atoms with Gasteiger partial charge < -0.3 is 20.1 Å². The second-order valence-corrected chi connectivity index (χ2v) is 22.0. The molecule has 0 fully saturated rings. The third kappa shape index (κ3) is 55.9. The highest BCUT2D eigenvalue weighted by Crippen LogP contribution is 2.43. The molecule has 0 bridgehead atoms. The highest BCUT2D eigenvalue weighted by Gasteiger charge is 2.26. The Labute approximate surface area is 428 Å². The van der Waals surface area contributed by atoms with Crippen molar-refractivity contribution in [2.75, 3.05) is 26.4 Å². The summed E-state index contributed by atoms with van der Waals surface area (Å²) in [5.41, 5.74) is 5.37. The van der Waals surface area contributed by atoms with Gasteiger partial charge in [-0.1, -0.05) is 283 Å². The maximum atomic E-state index is 12.6.